The lowest BCUT2D eigenvalue weighted by molar-refractivity contribution is -0.120. The molecule has 35 heavy (non-hydrogen) atoms. The largest absolute Gasteiger partial charge is 0.293 e. The zero-order valence-corrected chi connectivity index (χ0v) is 18.8. The molecule has 178 valence electrons. The summed E-state index contributed by atoms with van der Waals surface area (Å²) in [7, 11) is 1.77. The van der Waals surface area contributed by atoms with E-state index in [9.17, 15) is 13.6 Å². The highest BCUT2D eigenvalue weighted by Crippen LogP contribution is 2.56. The minimum atomic E-state index is -3.02. The predicted molar refractivity (Wildman–Crippen MR) is 120 cm³/mol. The van der Waals surface area contributed by atoms with Gasteiger partial charge in [-0.1, -0.05) is 24.3 Å². The van der Waals surface area contributed by atoms with Crippen molar-refractivity contribution in [3.05, 3.63) is 72.1 Å². The molecule has 1 spiro atoms. The van der Waals surface area contributed by atoms with Gasteiger partial charge in [0, 0.05) is 25.7 Å². The Bertz CT molecular complexity index is 1470. The maximum absolute atomic E-state index is 15.4. The van der Waals surface area contributed by atoms with E-state index in [1.807, 2.05) is 0 Å². The summed E-state index contributed by atoms with van der Waals surface area (Å²) in [5, 5.41) is 4.38. The molecule has 0 N–H and O–H groups in total. The van der Waals surface area contributed by atoms with Gasteiger partial charge < -0.3 is 0 Å². The molecular formula is C25H19F4N5O. The number of aryl methyl sites for hydroxylation is 1. The minimum Gasteiger partial charge on any atom is -0.293 e. The zero-order valence-electron chi connectivity index (χ0n) is 18.8. The molecule has 10 heteroatoms. The van der Waals surface area contributed by atoms with Crippen LogP contribution in [0.2, 0.25) is 0 Å². The van der Waals surface area contributed by atoms with Gasteiger partial charge in [-0.3, -0.25) is 14.0 Å². The Morgan fingerprint density at radius 2 is 1.66 bits per heavy atom. The monoisotopic (exact) mass is 481 g/mol. The summed E-state index contributed by atoms with van der Waals surface area (Å²) in [5.41, 5.74) is 0.0826. The van der Waals surface area contributed by atoms with Gasteiger partial charge in [0.1, 0.15) is 16.9 Å². The van der Waals surface area contributed by atoms with E-state index >= 15 is 8.78 Å². The summed E-state index contributed by atoms with van der Waals surface area (Å²) in [5.74, 6) is -5.25. The normalized spacial score (nSPS) is 16.3. The molecule has 4 aromatic rings. The van der Waals surface area contributed by atoms with E-state index in [4.69, 9.17) is 0 Å². The molecule has 6 nitrogen and oxygen atoms in total. The third-order valence-electron chi connectivity index (χ3n) is 6.64. The van der Waals surface area contributed by atoms with E-state index in [0.29, 0.717) is 29.8 Å². The van der Waals surface area contributed by atoms with Crippen molar-refractivity contribution in [2.75, 3.05) is 4.90 Å². The third kappa shape index (κ3) is 3.12. The number of anilines is 2. The number of benzene rings is 2. The molecule has 2 aromatic heterocycles. The molecule has 0 saturated heterocycles. The third-order valence-corrected chi connectivity index (χ3v) is 6.64. The van der Waals surface area contributed by atoms with Crippen molar-refractivity contribution in [1.82, 2.24) is 19.3 Å². The molecule has 1 aliphatic carbocycles. The van der Waals surface area contributed by atoms with Crippen molar-refractivity contribution in [2.24, 2.45) is 7.05 Å². The van der Waals surface area contributed by atoms with Crippen LogP contribution in [0.1, 0.15) is 25.3 Å². The smallest absolute Gasteiger partial charge is 0.270 e. The fourth-order valence-electron chi connectivity index (χ4n) is 4.71. The number of hydrogen-bond donors (Lipinski definition) is 0. The first kappa shape index (κ1) is 21.6. The summed E-state index contributed by atoms with van der Waals surface area (Å²) < 4.78 is 61.1. The maximum atomic E-state index is 15.4. The van der Waals surface area contributed by atoms with Crippen molar-refractivity contribution >= 4 is 17.5 Å². The van der Waals surface area contributed by atoms with Crippen LogP contribution < -0.4 is 4.90 Å². The summed E-state index contributed by atoms with van der Waals surface area (Å²) in [6, 6.07) is 9.17. The number of alkyl halides is 2. The molecule has 0 atom stereocenters. The van der Waals surface area contributed by atoms with E-state index < -0.39 is 34.7 Å². The van der Waals surface area contributed by atoms with Gasteiger partial charge in [0.2, 0.25) is 5.95 Å². The standard InChI is InChI=1S/C25H19F4N5O/c1-24(28,29)16-5-3-14(4-6-16)15-11-17(26)21(18(27)12-15)33-22(35)25(8-9-25)34-20(13-30-23(33)34)19-7-10-32(2)31-19/h3-7,10-13H,8-9H2,1-2H3. The average molecular weight is 481 g/mol. The Morgan fingerprint density at radius 1 is 1.00 bits per heavy atom. The number of halogens is 4. The number of hydrogen-bond acceptors (Lipinski definition) is 3. The van der Waals surface area contributed by atoms with E-state index in [1.54, 1.807) is 34.8 Å². The van der Waals surface area contributed by atoms with E-state index in [2.05, 4.69) is 10.1 Å². The molecule has 1 saturated carbocycles. The molecule has 1 fully saturated rings. The van der Waals surface area contributed by atoms with Gasteiger partial charge >= 0.3 is 0 Å². The topological polar surface area (TPSA) is 56.0 Å². The van der Waals surface area contributed by atoms with Crippen molar-refractivity contribution in [3.8, 4) is 22.5 Å². The number of carbonyl (C=O) groups excluding carboxylic acids is 1. The molecule has 0 unspecified atom stereocenters. The molecule has 0 bridgehead atoms. The van der Waals surface area contributed by atoms with Gasteiger partial charge in [-0.2, -0.15) is 5.10 Å². The maximum Gasteiger partial charge on any atom is 0.270 e. The fourth-order valence-corrected chi connectivity index (χ4v) is 4.71. The number of aromatic nitrogens is 4. The quantitative estimate of drug-likeness (QED) is 0.362. The van der Waals surface area contributed by atoms with Gasteiger partial charge in [0.25, 0.3) is 11.8 Å². The number of amides is 1. The molecule has 1 aliphatic heterocycles. The van der Waals surface area contributed by atoms with Crippen molar-refractivity contribution in [2.45, 2.75) is 31.2 Å². The first-order chi connectivity index (χ1) is 16.6. The predicted octanol–water partition coefficient (Wildman–Crippen LogP) is 5.51. The number of imidazole rings is 1. The molecule has 1 amide bonds. The molecule has 6 rings (SSSR count). The second kappa shape index (κ2) is 7.03. The second-order valence-electron chi connectivity index (χ2n) is 9.08. The highest BCUT2D eigenvalue weighted by Gasteiger charge is 2.62. The van der Waals surface area contributed by atoms with Gasteiger partial charge in [-0.25, -0.2) is 27.4 Å². The number of nitrogens with zero attached hydrogens (tertiary/aromatic N) is 5. The van der Waals surface area contributed by atoms with Crippen LogP contribution >= 0.6 is 0 Å². The van der Waals surface area contributed by atoms with Crippen molar-refractivity contribution in [1.29, 1.82) is 0 Å². The first-order valence-corrected chi connectivity index (χ1v) is 11.0. The summed E-state index contributed by atoms with van der Waals surface area (Å²) >= 11 is 0. The first-order valence-electron chi connectivity index (χ1n) is 11.0. The lowest BCUT2D eigenvalue weighted by atomic mass is 10.0. The van der Waals surface area contributed by atoms with Crippen LogP contribution in [-0.2, 0) is 23.3 Å². The molecule has 3 heterocycles. The number of carbonyl (C=O) groups is 1. The van der Waals surface area contributed by atoms with Gasteiger partial charge in [0.15, 0.2) is 11.6 Å². The van der Waals surface area contributed by atoms with Crippen LogP contribution in [0, 0.1) is 11.6 Å². The van der Waals surface area contributed by atoms with E-state index in [1.165, 1.54) is 24.3 Å². The Kier molecular flexibility index (Phi) is 4.33. The van der Waals surface area contributed by atoms with Crippen LogP contribution in [0.5, 0.6) is 0 Å². The summed E-state index contributed by atoms with van der Waals surface area (Å²) in [4.78, 5) is 18.8. The molecular weight excluding hydrogens is 462 g/mol. The molecule has 0 radical (unpaired) electrons. The lowest BCUT2D eigenvalue weighted by Crippen LogP contribution is -2.31. The van der Waals surface area contributed by atoms with Crippen LogP contribution in [0.3, 0.4) is 0 Å². The number of fused-ring (bicyclic) bond motifs is 2. The van der Waals surface area contributed by atoms with Crippen molar-refractivity contribution in [3.63, 3.8) is 0 Å². The summed E-state index contributed by atoms with van der Waals surface area (Å²) in [6.07, 6.45) is 4.37. The second-order valence-corrected chi connectivity index (χ2v) is 9.08. The Morgan fingerprint density at radius 3 is 2.20 bits per heavy atom. The zero-order chi connectivity index (χ0) is 24.7. The minimum absolute atomic E-state index is 0.133. The van der Waals surface area contributed by atoms with Crippen molar-refractivity contribution < 1.29 is 22.4 Å². The van der Waals surface area contributed by atoms with Crippen LogP contribution in [0.15, 0.2) is 54.9 Å². The van der Waals surface area contributed by atoms with Crippen LogP contribution in [-0.4, -0.2) is 25.2 Å². The Hall–Kier alpha value is -3.95. The van der Waals surface area contributed by atoms with E-state index in [0.717, 1.165) is 24.0 Å². The van der Waals surface area contributed by atoms with Gasteiger partial charge in [-0.05, 0) is 42.2 Å². The Balaban J connectivity index is 1.43. The van der Waals surface area contributed by atoms with Gasteiger partial charge in [-0.15, -0.1) is 0 Å². The summed E-state index contributed by atoms with van der Waals surface area (Å²) in [6.45, 7) is 0.777. The lowest BCUT2D eigenvalue weighted by Gasteiger charge is -2.18. The Labute approximate surface area is 197 Å². The number of rotatable bonds is 4. The SMILES string of the molecule is Cn1ccc(-c2cnc3n2C2(CC2)C(=O)N3c2c(F)cc(-c3ccc(C(C)(F)F)cc3)cc2F)n1. The van der Waals surface area contributed by atoms with Gasteiger partial charge in [0.05, 0.1) is 11.9 Å². The molecule has 2 aliphatic rings. The van der Waals surface area contributed by atoms with Crippen LogP contribution in [0.4, 0.5) is 29.2 Å². The van der Waals surface area contributed by atoms with E-state index in [-0.39, 0.29) is 17.1 Å². The highest BCUT2D eigenvalue weighted by atomic mass is 19.3. The molecule has 2 aromatic carbocycles. The fraction of sp³-hybridized carbons (Fsp3) is 0.240. The average Bonchev–Trinajstić information content (AvgIpc) is 3.20. The van der Waals surface area contributed by atoms with Crippen LogP contribution in [0.25, 0.3) is 22.5 Å². The highest BCUT2D eigenvalue weighted by molar-refractivity contribution is 6.09.